The van der Waals surface area contributed by atoms with Crippen molar-refractivity contribution in [3.63, 3.8) is 0 Å². The van der Waals surface area contributed by atoms with E-state index in [9.17, 15) is 0 Å². The van der Waals surface area contributed by atoms with Gasteiger partial charge in [0.1, 0.15) is 0 Å². The largest absolute Gasteiger partial charge is 0.354 e. The molecule has 0 saturated heterocycles. The van der Waals surface area contributed by atoms with Crippen molar-refractivity contribution in [2.75, 3.05) is 14.2 Å². The molecule has 1 aromatic rings. The maximum atomic E-state index is 5.21. The van der Waals surface area contributed by atoms with Crippen LogP contribution < -0.4 is 5.32 Å². The first kappa shape index (κ1) is 13.2. The van der Waals surface area contributed by atoms with Crippen LogP contribution in [0.2, 0.25) is 0 Å². The molecule has 0 saturated carbocycles. The Bertz CT molecular complexity index is 285. The Balaban J connectivity index is 2.54. The highest BCUT2D eigenvalue weighted by molar-refractivity contribution is 5.18. The first-order chi connectivity index (χ1) is 7.69. The molecule has 0 fully saturated rings. The van der Waals surface area contributed by atoms with E-state index in [4.69, 9.17) is 9.47 Å². The van der Waals surface area contributed by atoms with Gasteiger partial charge < -0.3 is 14.8 Å². The van der Waals surface area contributed by atoms with Gasteiger partial charge >= 0.3 is 0 Å². The van der Waals surface area contributed by atoms with Gasteiger partial charge in [-0.1, -0.05) is 30.3 Å². The Kier molecular flexibility index (Phi) is 5.46. The summed E-state index contributed by atoms with van der Waals surface area (Å²) in [6.45, 7) is 4.19. The number of hydrogen-bond donors (Lipinski definition) is 1. The minimum atomic E-state index is -0.217. The van der Waals surface area contributed by atoms with Crippen LogP contribution in [0.5, 0.6) is 0 Å². The van der Waals surface area contributed by atoms with Crippen LogP contribution in [0.15, 0.2) is 30.3 Å². The Morgan fingerprint density at radius 1 is 1.00 bits per heavy atom. The average molecular weight is 223 g/mol. The number of ether oxygens (including phenoxy) is 2. The fourth-order valence-corrected chi connectivity index (χ4v) is 1.82. The first-order valence-electron chi connectivity index (χ1n) is 5.55. The van der Waals surface area contributed by atoms with Crippen molar-refractivity contribution in [3.05, 3.63) is 35.9 Å². The maximum absolute atomic E-state index is 5.21. The minimum absolute atomic E-state index is 0.144. The van der Waals surface area contributed by atoms with E-state index in [0.717, 1.165) is 0 Å². The summed E-state index contributed by atoms with van der Waals surface area (Å²) in [4.78, 5) is 0. The molecule has 90 valence electrons. The van der Waals surface area contributed by atoms with E-state index in [1.165, 1.54) is 5.56 Å². The second-order valence-electron chi connectivity index (χ2n) is 3.93. The van der Waals surface area contributed by atoms with E-state index in [1.54, 1.807) is 14.2 Å². The van der Waals surface area contributed by atoms with Crippen molar-refractivity contribution in [1.82, 2.24) is 5.32 Å². The lowest BCUT2D eigenvalue weighted by molar-refractivity contribution is -0.120. The molecule has 16 heavy (non-hydrogen) atoms. The highest BCUT2D eigenvalue weighted by atomic mass is 16.7. The first-order valence-corrected chi connectivity index (χ1v) is 5.55. The van der Waals surface area contributed by atoms with Gasteiger partial charge in [0.2, 0.25) is 0 Å². The van der Waals surface area contributed by atoms with Crippen LogP contribution in [0, 0.1) is 0 Å². The minimum Gasteiger partial charge on any atom is -0.354 e. The number of hydrogen-bond acceptors (Lipinski definition) is 3. The third-order valence-corrected chi connectivity index (χ3v) is 2.69. The molecule has 0 radical (unpaired) electrons. The van der Waals surface area contributed by atoms with Crippen molar-refractivity contribution in [3.8, 4) is 0 Å². The van der Waals surface area contributed by atoms with Crippen LogP contribution in [-0.2, 0) is 9.47 Å². The van der Waals surface area contributed by atoms with Crippen LogP contribution in [0.1, 0.15) is 25.5 Å². The molecular weight excluding hydrogens is 202 g/mol. The molecule has 0 heterocycles. The third-order valence-electron chi connectivity index (χ3n) is 2.69. The Morgan fingerprint density at radius 2 is 1.56 bits per heavy atom. The van der Waals surface area contributed by atoms with Crippen molar-refractivity contribution >= 4 is 0 Å². The van der Waals surface area contributed by atoms with Crippen LogP contribution in [-0.4, -0.2) is 26.6 Å². The second-order valence-corrected chi connectivity index (χ2v) is 3.93. The number of rotatable bonds is 6. The lowest BCUT2D eigenvalue weighted by Crippen LogP contribution is -2.40. The van der Waals surface area contributed by atoms with E-state index in [0.29, 0.717) is 0 Å². The molecule has 0 bridgehead atoms. The molecule has 2 unspecified atom stereocenters. The van der Waals surface area contributed by atoms with Gasteiger partial charge in [-0.05, 0) is 19.4 Å². The van der Waals surface area contributed by atoms with Crippen molar-refractivity contribution in [2.45, 2.75) is 32.2 Å². The monoisotopic (exact) mass is 223 g/mol. The number of benzene rings is 1. The predicted octanol–water partition coefficient (Wildman–Crippen LogP) is 2.34. The SMILES string of the molecule is COC(OC)C(C)NC(C)c1ccccc1. The van der Waals surface area contributed by atoms with Crippen LogP contribution >= 0.6 is 0 Å². The van der Waals surface area contributed by atoms with Gasteiger partial charge in [-0.15, -0.1) is 0 Å². The smallest absolute Gasteiger partial charge is 0.171 e. The summed E-state index contributed by atoms with van der Waals surface area (Å²) in [6, 6.07) is 10.8. The molecular formula is C13H21NO2. The molecule has 1 rings (SSSR count). The molecule has 0 aliphatic carbocycles. The van der Waals surface area contributed by atoms with Gasteiger partial charge in [-0.25, -0.2) is 0 Å². The summed E-state index contributed by atoms with van der Waals surface area (Å²) in [7, 11) is 3.30. The van der Waals surface area contributed by atoms with Crippen LogP contribution in [0.4, 0.5) is 0 Å². The van der Waals surface area contributed by atoms with Crippen molar-refractivity contribution in [1.29, 1.82) is 0 Å². The quantitative estimate of drug-likeness (QED) is 0.751. The topological polar surface area (TPSA) is 30.5 Å². The van der Waals surface area contributed by atoms with E-state index < -0.39 is 0 Å². The van der Waals surface area contributed by atoms with Gasteiger partial charge in [-0.3, -0.25) is 0 Å². The zero-order valence-electron chi connectivity index (χ0n) is 10.4. The third kappa shape index (κ3) is 3.59. The van der Waals surface area contributed by atoms with Crippen LogP contribution in [0.3, 0.4) is 0 Å². The molecule has 0 aliphatic heterocycles. The molecule has 2 atom stereocenters. The van der Waals surface area contributed by atoms with E-state index in [2.05, 4.69) is 31.3 Å². The van der Waals surface area contributed by atoms with Crippen LogP contribution in [0.25, 0.3) is 0 Å². The van der Waals surface area contributed by atoms with Crippen molar-refractivity contribution < 1.29 is 9.47 Å². The summed E-state index contributed by atoms with van der Waals surface area (Å²) in [6.07, 6.45) is -0.217. The average Bonchev–Trinajstić information content (AvgIpc) is 2.31. The predicted molar refractivity (Wildman–Crippen MR) is 65.3 cm³/mol. The Morgan fingerprint density at radius 3 is 2.06 bits per heavy atom. The number of methoxy groups -OCH3 is 2. The Hall–Kier alpha value is -0.900. The van der Waals surface area contributed by atoms with Gasteiger partial charge in [0, 0.05) is 20.3 Å². The summed E-state index contributed by atoms with van der Waals surface area (Å²) in [5.41, 5.74) is 1.26. The number of nitrogens with one attached hydrogen (secondary N) is 1. The second kappa shape index (κ2) is 6.63. The lowest BCUT2D eigenvalue weighted by Gasteiger charge is -2.25. The zero-order chi connectivity index (χ0) is 12.0. The lowest BCUT2D eigenvalue weighted by atomic mass is 10.1. The van der Waals surface area contributed by atoms with Crippen molar-refractivity contribution in [2.24, 2.45) is 0 Å². The molecule has 0 aliphatic rings. The van der Waals surface area contributed by atoms with Gasteiger partial charge in [0.05, 0.1) is 6.04 Å². The van der Waals surface area contributed by atoms with E-state index in [1.807, 2.05) is 18.2 Å². The summed E-state index contributed by atoms with van der Waals surface area (Å²) < 4.78 is 10.4. The summed E-state index contributed by atoms with van der Waals surface area (Å²) in [5.74, 6) is 0. The molecule has 3 nitrogen and oxygen atoms in total. The molecule has 0 aromatic heterocycles. The highest BCUT2D eigenvalue weighted by Gasteiger charge is 2.17. The molecule has 1 N–H and O–H groups in total. The van der Waals surface area contributed by atoms with Gasteiger partial charge in [0.25, 0.3) is 0 Å². The standard InChI is InChI=1S/C13H21NO2/c1-10(12-8-6-5-7-9-12)14-11(2)13(15-3)16-4/h5-11,13-14H,1-4H3. The molecule has 0 spiro atoms. The van der Waals surface area contributed by atoms with Gasteiger partial charge in [0.15, 0.2) is 6.29 Å². The molecule has 0 amide bonds. The summed E-state index contributed by atoms with van der Waals surface area (Å²) >= 11 is 0. The van der Waals surface area contributed by atoms with Gasteiger partial charge in [-0.2, -0.15) is 0 Å². The molecule has 3 heteroatoms. The highest BCUT2D eigenvalue weighted by Crippen LogP contribution is 2.13. The summed E-state index contributed by atoms with van der Waals surface area (Å²) in [5, 5.41) is 3.45. The molecule has 1 aromatic carbocycles. The normalized spacial score (nSPS) is 15.1. The fraction of sp³-hybridized carbons (Fsp3) is 0.538. The fourth-order valence-electron chi connectivity index (χ4n) is 1.82. The Labute approximate surface area is 97.8 Å². The maximum Gasteiger partial charge on any atom is 0.171 e. The zero-order valence-corrected chi connectivity index (χ0v) is 10.4. The van der Waals surface area contributed by atoms with E-state index >= 15 is 0 Å². The van der Waals surface area contributed by atoms with E-state index in [-0.39, 0.29) is 18.4 Å².